The topological polar surface area (TPSA) is 59.5 Å². The van der Waals surface area contributed by atoms with Gasteiger partial charge >= 0.3 is 0 Å². The number of ether oxygens (including phenoxy) is 2. The van der Waals surface area contributed by atoms with Gasteiger partial charge in [-0.1, -0.05) is 12.1 Å². The van der Waals surface area contributed by atoms with E-state index in [0.29, 0.717) is 5.92 Å². The summed E-state index contributed by atoms with van der Waals surface area (Å²) in [7, 11) is 3.39. The van der Waals surface area contributed by atoms with Crippen molar-refractivity contribution in [3.8, 4) is 11.5 Å². The Bertz CT molecular complexity index is 720. The van der Waals surface area contributed by atoms with E-state index >= 15 is 0 Å². The minimum absolute atomic E-state index is 0.414. The van der Waals surface area contributed by atoms with Gasteiger partial charge in [-0.3, -0.25) is 0 Å². The van der Waals surface area contributed by atoms with Crippen LogP contribution in [0.15, 0.2) is 24.5 Å². The zero-order valence-corrected chi connectivity index (χ0v) is 14.8. The number of para-hydroxylation sites is 1. The van der Waals surface area contributed by atoms with E-state index in [1.165, 1.54) is 11.1 Å². The van der Waals surface area contributed by atoms with E-state index in [9.17, 15) is 0 Å². The van der Waals surface area contributed by atoms with Gasteiger partial charge in [-0.2, -0.15) is 0 Å². The highest BCUT2D eigenvalue weighted by Crippen LogP contribution is 2.40. The summed E-state index contributed by atoms with van der Waals surface area (Å²) in [6, 6.07) is 6.13. The lowest BCUT2D eigenvalue weighted by atomic mass is 9.97. The molecule has 4 rings (SSSR count). The summed E-state index contributed by atoms with van der Waals surface area (Å²) in [5.41, 5.74) is 3.66. The molecule has 1 aromatic heterocycles. The molecule has 1 fully saturated rings. The number of hydrogen-bond acceptors (Lipinski definition) is 6. The van der Waals surface area contributed by atoms with Gasteiger partial charge in [0.1, 0.15) is 12.1 Å². The second kappa shape index (κ2) is 6.88. The Hall–Kier alpha value is -2.34. The number of rotatable bonds is 4. The van der Waals surface area contributed by atoms with Crippen LogP contribution in [-0.4, -0.2) is 43.8 Å². The number of nitrogens with one attached hydrogen (secondary N) is 1. The average Bonchev–Trinajstić information content (AvgIpc) is 3.16. The molecule has 0 saturated carbocycles. The van der Waals surface area contributed by atoms with Crippen LogP contribution < -0.4 is 19.7 Å². The van der Waals surface area contributed by atoms with Crippen LogP contribution in [0.1, 0.15) is 29.2 Å². The standard InChI is InChI=1S/C19H24N4O2/c1-24-17-5-3-4-14(18(17)25-2)13-7-9-23(11-13)19-15-6-8-20-10-16(15)21-12-22-19/h3-5,12-13,20H,6-11H2,1-2H3/t13-/m0/s1. The smallest absolute Gasteiger partial charge is 0.164 e. The molecule has 0 radical (unpaired) electrons. The Balaban J connectivity index is 1.61. The summed E-state index contributed by atoms with van der Waals surface area (Å²) >= 11 is 0. The summed E-state index contributed by atoms with van der Waals surface area (Å²) in [6.07, 6.45) is 3.77. The number of anilines is 1. The lowest BCUT2D eigenvalue weighted by Gasteiger charge is -2.25. The molecule has 132 valence electrons. The molecule has 0 amide bonds. The van der Waals surface area contributed by atoms with Crippen LogP contribution in [0.2, 0.25) is 0 Å². The van der Waals surface area contributed by atoms with E-state index in [1.807, 2.05) is 12.1 Å². The van der Waals surface area contributed by atoms with E-state index in [-0.39, 0.29) is 0 Å². The maximum atomic E-state index is 5.63. The molecule has 0 bridgehead atoms. The fourth-order valence-electron chi connectivity index (χ4n) is 3.98. The Morgan fingerprint density at radius 1 is 1.20 bits per heavy atom. The molecule has 0 spiro atoms. The second-order valence-corrected chi connectivity index (χ2v) is 6.56. The summed E-state index contributed by atoms with van der Waals surface area (Å²) < 4.78 is 11.1. The molecular formula is C19H24N4O2. The quantitative estimate of drug-likeness (QED) is 0.920. The van der Waals surface area contributed by atoms with E-state index in [2.05, 4.69) is 26.3 Å². The highest BCUT2D eigenvalue weighted by atomic mass is 16.5. The largest absolute Gasteiger partial charge is 0.493 e. The number of methoxy groups -OCH3 is 2. The summed E-state index contributed by atoms with van der Waals surface area (Å²) in [5, 5.41) is 3.38. The van der Waals surface area contributed by atoms with Gasteiger partial charge in [-0.15, -0.1) is 0 Å². The lowest BCUT2D eigenvalue weighted by Crippen LogP contribution is -2.29. The monoisotopic (exact) mass is 340 g/mol. The minimum Gasteiger partial charge on any atom is -0.493 e. The summed E-state index contributed by atoms with van der Waals surface area (Å²) in [6.45, 7) is 3.78. The first-order valence-corrected chi connectivity index (χ1v) is 8.81. The van der Waals surface area contributed by atoms with Crippen LogP contribution in [0.4, 0.5) is 5.82 Å². The third-order valence-corrected chi connectivity index (χ3v) is 5.22. The van der Waals surface area contributed by atoms with Crippen molar-refractivity contribution < 1.29 is 9.47 Å². The van der Waals surface area contributed by atoms with E-state index in [4.69, 9.17) is 9.47 Å². The first-order valence-electron chi connectivity index (χ1n) is 8.81. The molecule has 0 unspecified atom stereocenters. The molecule has 3 heterocycles. The van der Waals surface area contributed by atoms with Gasteiger partial charge in [0.25, 0.3) is 0 Å². The fraction of sp³-hybridized carbons (Fsp3) is 0.474. The number of fused-ring (bicyclic) bond motifs is 1. The number of nitrogens with zero attached hydrogens (tertiary/aromatic N) is 3. The third kappa shape index (κ3) is 2.91. The van der Waals surface area contributed by atoms with Gasteiger partial charge in [-0.25, -0.2) is 9.97 Å². The van der Waals surface area contributed by atoms with Gasteiger partial charge < -0.3 is 19.7 Å². The maximum Gasteiger partial charge on any atom is 0.164 e. The van der Waals surface area contributed by atoms with Crippen molar-refractivity contribution in [1.29, 1.82) is 0 Å². The summed E-state index contributed by atoms with van der Waals surface area (Å²) in [5.74, 6) is 3.17. The molecule has 1 N–H and O–H groups in total. The van der Waals surface area contributed by atoms with Crippen molar-refractivity contribution in [3.05, 3.63) is 41.3 Å². The molecule has 2 aliphatic rings. The third-order valence-electron chi connectivity index (χ3n) is 5.22. The normalized spacial score (nSPS) is 19.6. The van der Waals surface area contributed by atoms with Gasteiger partial charge in [0.05, 0.1) is 19.9 Å². The fourth-order valence-corrected chi connectivity index (χ4v) is 3.98. The van der Waals surface area contributed by atoms with Gasteiger partial charge in [0.2, 0.25) is 0 Å². The van der Waals surface area contributed by atoms with Crippen LogP contribution in [0.3, 0.4) is 0 Å². The zero-order chi connectivity index (χ0) is 17.2. The Kier molecular flexibility index (Phi) is 4.44. The van der Waals surface area contributed by atoms with Crippen molar-refractivity contribution in [2.75, 3.05) is 38.8 Å². The van der Waals surface area contributed by atoms with Crippen molar-refractivity contribution in [2.45, 2.75) is 25.3 Å². The van der Waals surface area contributed by atoms with Crippen molar-refractivity contribution in [1.82, 2.24) is 15.3 Å². The van der Waals surface area contributed by atoms with Gasteiger partial charge in [0.15, 0.2) is 11.5 Å². The number of aromatic nitrogens is 2. The van der Waals surface area contributed by atoms with Crippen molar-refractivity contribution in [3.63, 3.8) is 0 Å². The zero-order valence-electron chi connectivity index (χ0n) is 14.8. The van der Waals surface area contributed by atoms with Crippen molar-refractivity contribution in [2.24, 2.45) is 0 Å². The van der Waals surface area contributed by atoms with Gasteiger partial charge in [-0.05, 0) is 25.5 Å². The first kappa shape index (κ1) is 16.1. The van der Waals surface area contributed by atoms with Crippen LogP contribution >= 0.6 is 0 Å². The minimum atomic E-state index is 0.414. The lowest BCUT2D eigenvalue weighted by molar-refractivity contribution is 0.350. The highest BCUT2D eigenvalue weighted by Gasteiger charge is 2.30. The molecule has 6 heteroatoms. The van der Waals surface area contributed by atoms with Crippen LogP contribution in [0.25, 0.3) is 0 Å². The SMILES string of the molecule is COc1cccc([C@H]2CCN(c3ncnc4c3CCNC4)C2)c1OC. The molecule has 1 aromatic carbocycles. The van der Waals surface area contributed by atoms with Crippen molar-refractivity contribution >= 4 is 5.82 Å². The summed E-state index contributed by atoms with van der Waals surface area (Å²) in [4.78, 5) is 11.4. The maximum absolute atomic E-state index is 5.63. The second-order valence-electron chi connectivity index (χ2n) is 6.56. The van der Waals surface area contributed by atoms with Crippen LogP contribution in [-0.2, 0) is 13.0 Å². The molecule has 2 aromatic rings. The van der Waals surface area contributed by atoms with Gasteiger partial charge in [0, 0.05) is 36.7 Å². The molecule has 25 heavy (non-hydrogen) atoms. The molecule has 0 aliphatic carbocycles. The van der Waals surface area contributed by atoms with E-state index in [1.54, 1.807) is 20.5 Å². The average molecular weight is 340 g/mol. The van der Waals surface area contributed by atoms with Crippen LogP contribution in [0, 0.1) is 0 Å². The molecule has 2 aliphatic heterocycles. The predicted molar refractivity (Wildman–Crippen MR) is 96.6 cm³/mol. The van der Waals surface area contributed by atoms with E-state index in [0.717, 1.165) is 62.0 Å². The Morgan fingerprint density at radius 3 is 2.96 bits per heavy atom. The Morgan fingerprint density at radius 2 is 2.12 bits per heavy atom. The molecule has 1 atom stereocenters. The number of benzene rings is 1. The van der Waals surface area contributed by atoms with E-state index < -0.39 is 0 Å². The molecular weight excluding hydrogens is 316 g/mol. The Labute approximate surface area is 148 Å². The van der Waals surface area contributed by atoms with Crippen LogP contribution in [0.5, 0.6) is 11.5 Å². The first-order chi connectivity index (χ1) is 12.3. The highest BCUT2D eigenvalue weighted by molar-refractivity contribution is 5.53. The molecule has 6 nitrogen and oxygen atoms in total. The molecule has 1 saturated heterocycles. The number of hydrogen-bond donors (Lipinski definition) is 1. The predicted octanol–water partition coefficient (Wildman–Crippen LogP) is 2.13.